The number of thiazole rings is 1. The molecule has 0 aliphatic heterocycles. The van der Waals surface area contributed by atoms with Crippen LogP contribution in [-0.4, -0.2) is 10.1 Å². The van der Waals surface area contributed by atoms with E-state index in [0.717, 1.165) is 19.0 Å². The zero-order chi connectivity index (χ0) is 12.2. The van der Waals surface area contributed by atoms with E-state index in [4.69, 9.17) is 0 Å². The number of rotatable bonds is 2. The van der Waals surface area contributed by atoms with Gasteiger partial charge in [0, 0.05) is 11.6 Å². The van der Waals surface area contributed by atoms with E-state index in [9.17, 15) is 18.3 Å². The second-order valence-electron chi connectivity index (χ2n) is 4.66. The first-order chi connectivity index (χ1) is 7.17. The number of hydrogen-bond acceptors (Lipinski definition) is 3. The molecule has 1 aliphatic rings. The summed E-state index contributed by atoms with van der Waals surface area (Å²) in [6.07, 6.45) is -1.63. The molecule has 1 heterocycles. The number of aliphatic hydroxyl groups is 1. The highest BCUT2D eigenvalue weighted by Gasteiger charge is 2.54. The van der Waals surface area contributed by atoms with Crippen molar-refractivity contribution in [1.82, 2.24) is 4.98 Å². The van der Waals surface area contributed by atoms with Crippen LogP contribution >= 0.6 is 11.3 Å². The van der Waals surface area contributed by atoms with E-state index in [1.807, 2.05) is 6.92 Å². The summed E-state index contributed by atoms with van der Waals surface area (Å²) < 4.78 is 37.1. The van der Waals surface area contributed by atoms with E-state index in [1.165, 1.54) is 0 Å². The molecule has 1 N–H and O–H groups in total. The molecule has 0 aromatic carbocycles. The Morgan fingerprint density at radius 2 is 2.00 bits per heavy atom. The summed E-state index contributed by atoms with van der Waals surface area (Å²) >= 11 is 0.528. The Morgan fingerprint density at radius 3 is 2.38 bits per heavy atom. The van der Waals surface area contributed by atoms with Gasteiger partial charge < -0.3 is 5.11 Å². The molecule has 1 atom stereocenters. The molecule has 1 aromatic rings. The van der Waals surface area contributed by atoms with Gasteiger partial charge in [0.1, 0.15) is 5.60 Å². The molecular weight excluding hydrogens is 239 g/mol. The summed E-state index contributed by atoms with van der Waals surface area (Å²) in [5.41, 5.74) is -1.52. The fourth-order valence-corrected chi connectivity index (χ4v) is 2.58. The third-order valence-electron chi connectivity index (χ3n) is 3.40. The molecule has 1 aromatic heterocycles. The molecular formula is C10H12F3NOS. The first-order valence-electron chi connectivity index (χ1n) is 4.93. The van der Waals surface area contributed by atoms with Crippen molar-refractivity contribution >= 4 is 11.3 Å². The van der Waals surface area contributed by atoms with Gasteiger partial charge in [-0.1, -0.05) is 6.92 Å². The second-order valence-corrected chi connectivity index (χ2v) is 5.69. The van der Waals surface area contributed by atoms with Crippen molar-refractivity contribution in [3.63, 3.8) is 0 Å². The maximum Gasteiger partial charge on any atom is 0.443 e. The monoisotopic (exact) mass is 251 g/mol. The van der Waals surface area contributed by atoms with E-state index in [2.05, 4.69) is 4.98 Å². The lowest BCUT2D eigenvalue weighted by Gasteiger charge is -2.28. The zero-order valence-corrected chi connectivity index (χ0v) is 9.74. The first kappa shape index (κ1) is 11.9. The molecule has 1 saturated carbocycles. The molecule has 6 heteroatoms. The van der Waals surface area contributed by atoms with Crippen LogP contribution in [0.3, 0.4) is 0 Å². The van der Waals surface area contributed by atoms with Gasteiger partial charge in [0.25, 0.3) is 0 Å². The van der Waals surface area contributed by atoms with Crippen molar-refractivity contribution in [3.8, 4) is 0 Å². The smallest absolute Gasteiger partial charge is 0.384 e. The number of halogens is 3. The topological polar surface area (TPSA) is 33.1 Å². The molecule has 0 saturated heterocycles. The summed E-state index contributed by atoms with van der Waals surface area (Å²) in [5, 5.41) is 9.37. The molecule has 16 heavy (non-hydrogen) atoms. The lowest BCUT2D eigenvalue weighted by molar-refractivity contribution is -0.137. The SMILES string of the molecule is CC1(C(C)(O)c2cnc(C(F)(F)F)s2)CC1. The molecule has 0 amide bonds. The van der Waals surface area contributed by atoms with Crippen molar-refractivity contribution in [1.29, 1.82) is 0 Å². The fourth-order valence-electron chi connectivity index (χ4n) is 1.60. The van der Waals surface area contributed by atoms with Gasteiger partial charge in [0.2, 0.25) is 0 Å². The van der Waals surface area contributed by atoms with Gasteiger partial charge in [0.15, 0.2) is 5.01 Å². The number of alkyl halides is 3. The Balaban J connectivity index is 2.32. The Kier molecular flexibility index (Phi) is 2.37. The molecule has 2 rings (SSSR count). The van der Waals surface area contributed by atoms with Gasteiger partial charge in [-0.2, -0.15) is 13.2 Å². The van der Waals surface area contributed by atoms with E-state index in [0.29, 0.717) is 16.2 Å². The molecule has 1 unspecified atom stereocenters. The van der Waals surface area contributed by atoms with Crippen LogP contribution in [0.2, 0.25) is 0 Å². The Labute approximate surface area is 95.1 Å². The quantitative estimate of drug-likeness (QED) is 0.875. The predicted octanol–water partition coefficient (Wildman–Crippen LogP) is 3.17. The third-order valence-corrected chi connectivity index (χ3v) is 4.66. The Morgan fingerprint density at radius 1 is 1.44 bits per heavy atom. The van der Waals surface area contributed by atoms with Gasteiger partial charge in [-0.15, -0.1) is 11.3 Å². The van der Waals surface area contributed by atoms with Crippen LogP contribution in [0.4, 0.5) is 13.2 Å². The number of hydrogen-bond donors (Lipinski definition) is 1. The Bertz CT molecular complexity index is 406. The van der Waals surface area contributed by atoms with E-state index < -0.39 is 16.8 Å². The summed E-state index contributed by atoms with van der Waals surface area (Å²) in [6, 6.07) is 0. The summed E-state index contributed by atoms with van der Waals surface area (Å²) in [7, 11) is 0. The summed E-state index contributed by atoms with van der Waals surface area (Å²) in [5.74, 6) is 0. The van der Waals surface area contributed by atoms with Crippen molar-refractivity contribution in [2.75, 3.05) is 0 Å². The maximum absolute atomic E-state index is 12.4. The average molecular weight is 251 g/mol. The van der Waals surface area contributed by atoms with Gasteiger partial charge >= 0.3 is 6.18 Å². The largest absolute Gasteiger partial charge is 0.443 e. The molecule has 0 spiro atoms. The Hall–Kier alpha value is -0.620. The van der Waals surface area contributed by atoms with Gasteiger partial charge in [-0.3, -0.25) is 0 Å². The minimum Gasteiger partial charge on any atom is -0.384 e. The molecule has 90 valence electrons. The normalized spacial score (nSPS) is 22.9. The highest BCUT2D eigenvalue weighted by atomic mass is 32.1. The number of aromatic nitrogens is 1. The highest BCUT2D eigenvalue weighted by molar-refractivity contribution is 7.11. The second kappa shape index (κ2) is 3.20. The van der Waals surface area contributed by atoms with Gasteiger partial charge in [0.05, 0.1) is 4.88 Å². The molecule has 0 bridgehead atoms. The highest BCUT2D eigenvalue weighted by Crippen LogP contribution is 2.58. The van der Waals surface area contributed by atoms with Crippen LogP contribution in [0.25, 0.3) is 0 Å². The van der Waals surface area contributed by atoms with Crippen LogP contribution in [0.15, 0.2) is 6.20 Å². The van der Waals surface area contributed by atoms with Crippen LogP contribution < -0.4 is 0 Å². The van der Waals surface area contributed by atoms with Crippen LogP contribution in [0.1, 0.15) is 36.6 Å². The molecule has 0 radical (unpaired) electrons. The summed E-state index contributed by atoms with van der Waals surface area (Å²) in [4.78, 5) is 3.62. The van der Waals surface area contributed by atoms with Gasteiger partial charge in [-0.25, -0.2) is 4.98 Å². The van der Waals surface area contributed by atoms with Crippen molar-refractivity contribution in [3.05, 3.63) is 16.1 Å². The molecule has 1 aliphatic carbocycles. The summed E-state index contributed by atoms with van der Waals surface area (Å²) in [6.45, 7) is 3.44. The van der Waals surface area contributed by atoms with Gasteiger partial charge in [-0.05, 0) is 19.8 Å². The zero-order valence-electron chi connectivity index (χ0n) is 8.93. The van der Waals surface area contributed by atoms with Crippen LogP contribution in [-0.2, 0) is 11.8 Å². The van der Waals surface area contributed by atoms with Crippen molar-refractivity contribution in [2.24, 2.45) is 5.41 Å². The number of nitrogens with zero attached hydrogens (tertiary/aromatic N) is 1. The molecule has 1 fully saturated rings. The van der Waals surface area contributed by atoms with Crippen LogP contribution in [0.5, 0.6) is 0 Å². The fraction of sp³-hybridized carbons (Fsp3) is 0.700. The standard InChI is InChI=1S/C10H12F3NOS/c1-8(3-4-8)9(2,15)6-5-14-7(16-6)10(11,12)13/h5,15H,3-4H2,1-2H3. The lowest BCUT2D eigenvalue weighted by Crippen LogP contribution is -2.30. The van der Waals surface area contributed by atoms with Crippen LogP contribution in [0, 0.1) is 5.41 Å². The maximum atomic E-state index is 12.4. The van der Waals surface area contributed by atoms with Crippen molar-refractivity contribution < 1.29 is 18.3 Å². The molecule has 2 nitrogen and oxygen atoms in total. The minimum atomic E-state index is -4.43. The van der Waals surface area contributed by atoms with E-state index in [-0.39, 0.29) is 5.41 Å². The van der Waals surface area contributed by atoms with Crippen molar-refractivity contribution in [2.45, 2.75) is 38.5 Å². The lowest BCUT2D eigenvalue weighted by atomic mass is 9.87. The third kappa shape index (κ3) is 1.73. The van der Waals surface area contributed by atoms with E-state index >= 15 is 0 Å². The predicted molar refractivity (Wildman–Crippen MR) is 54.0 cm³/mol. The minimum absolute atomic E-state index is 0.292. The first-order valence-corrected chi connectivity index (χ1v) is 5.74. The van der Waals surface area contributed by atoms with E-state index in [1.54, 1.807) is 6.92 Å². The average Bonchev–Trinajstić information content (AvgIpc) is 2.71.